The molecule has 0 radical (unpaired) electrons. The van der Waals surface area contributed by atoms with E-state index in [4.69, 9.17) is 15.9 Å². The Morgan fingerprint density at radius 3 is 2.64 bits per heavy atom. The van der Waals surface area contributed by atoms with Gasteiger partial charge in [-0.15, -0.1) is 0 Å². The van der Waals surface area contributed by atoms with Crippen LogP contribution in [0.4, 0.5) is 4.39 Å². The summed E-state index contributed by atoms with van der Waals surface area (Å²) in [4.78, 5) is 10.7. The maximum atomic E-state index is 13.2. The van der Waals surface area contributed by atoms with Gasteiger partial charge in [0.25, 0.3) is 0 Å². The van der Waals surface area contributed by atoms with Gasteiger partial charge in [0, 0.05) is 18.2 Å². The zero-order chi connectivity index (χ0) is 10.7. The van der Waals surface area contributed by atoms with Crippen LogP contribution in [0.2, 0.25) is 0 Å². The molecule has 0 spiro atoms. The van der Waals surface area contributed by atoms with Gasteiger partial charge in [0.1, 0.15) is 11.6 Å². The van der Waals surface area contributed by atoms with Crippen LogP contribution >= 0.6 is 0 Å². The van der Waals surface area contributed by atoms with Crippen LogP contribution < -0.4 is 5.73 Å². The average Bonchev–Trinajstić information content (AvgIpc) is 2.09. The number of aromatic hydroxyl groups is 1. The third-order valence-electron chi connectivity index (χ3n) is 1.89. The second kappa shape index (κ2) is 4.06. The van der Waals surface area contributed by atoms with Crippen molar-refractivity contribution in [2.45, 2.75) is 5.92 Å². The largest absolute Gasteiger partial charge is 0.508 e. The number of carbonyl (C=O) groups is 1. The number of aliphatic carboxylic acids is 1. The van der Waals surface area contributed by atoms with E-state index in [-0.39, 0.29) is 17.9 Å². The lowest BCUT2D eigenvalue weighted by molar-refractivity contribution is -0.138. The zero-order valence-corrected chi connectivity index (χ0v) is 7.27. The van der Waals surface area contributed by atoms with Crippen LogP contribution in [0.3, 0.4) is 0 Å². The highest BCUT2D eigenvalue weighted by Gasteiger charge is 2.21. The van der Waals surface area contributed by atoms with Gasteiger partial charge in [-0.3, -0.25) is 4.79 Å². The molecule has 1 unspecified atom stereocenters. The average molecular weight is 199 g/mol. The fraction of sp³-hybridized carbons (Fsp3) is 0.222. The summed E-state index contributed by atoms with van der Waals surface area (Å²) in [6.07, 6.45) is 0. The summed E-state index contributed by atoms with van der Waals surface area (Å²) in [5, 5.41) is 17.6. The van der Waals surface area contributed by atoms with Gasteiger partial charge in [0.05, 0.1) is 5.92 Å². The summed E-state index contributed by atoms with van der Waals surface area (Å²) in [5.41, 5.74) is 5.19. The number of carboxylic acid groups (broad SMARTS) is 1. The molecule has 0 aliphatic rings. The summed E-state index contributed by atoms with van der Waals surface area (Å²) in [5.74, 6) is -3.26. The number of phenolic OH excluding ortho intramolecular Hbond substituents is 1. The van der Waals surface area contributed by atoms with Crippen LogP contribution in [0.25, 0.3) is 0 Å². The standard InChI is InChI=1S/C9H10FNO3/c10-8-3-5(12)1-2-6(8)7(4-11)9(13)14/h1-3,7,12H,4,11H2,(H,13,14). The molecule has 1 atom stereocenters. The van der Waals surface area contributed by atoms with Crippen LogP contribution in [0.5, 0.6) is 5.75 Å². The zero-order valence-electron chi connectivity index (χ0n) is 7.27. The monoisotopic (exact) mass is 199 g/mol. The summed E-state index contributed by atoms with van der Waals surface area (Å²) >= 11 is 0. The molecule has 1 rings (SSSR count). The molecule has 0 amide bonds. The van der Waals surface area contributed by atoms with Gasteiger partial charge in [0.15, 0.2) is 0 Å². The number of carboxylic acids is 1. The fourth-order valence-electron chi connectivity index (χ4n) is 1.16. The first-order chi connectivity index (χ1) is 6.56. The first-order valence-electron chi connectivity index (χ1n) is 3.97. The van der Waals surface area contributed by atoms with Gasteiger partial charge in [-0.2, -0.15) is 0 Å². The predicted octanol–water partition coefficient (Wildman–Crippen LogP) is 0.658. The molecule has 5 heteroatoms. The quantitative estimate of drug-likeness (QED) is 0.667. The number of phenols is 1. The minimum absolute atomic E-state index is 0.0159. The number of halogens is 1. The molecule has 76 valence electrons. The molecular formula is C9H10FNO3. The van der Waals surface area contributed by atoms with E-state index >= 15 is 0 Å². The lowest BCUT2D eigenvalue weighted by Crippen LogP contribution is -2.22. The lowest BCUT2D eigenvalue weighted by Gasteiger charge is -2.10. The van der Waals surface area contributed by atoms with Crippen LogP contribution in [-0.4, -0.2) is 22.7 Å². The molecule has 0 saturated carbocycles. The van der Waals surface area contributed by atoms with Crippen molar-refractivity contribution in [2.24, 2.45) is 5.73 Å². The molecule has 0 fully saturated rings. The maximum Gasteiger partial charge on any atom is 0.312 e. The van der Waals surface area contributed by atoms with E-state index in [1.54, 1.807) is 0 Å². The van der Waals surface area contributed by atoms with Crippen molar-refractivity contribution >= 4 is 5.97 Å². The van der Waals surface area contributed by atoms with E-state index in [1.807, 2.05) is 0 Å². The molecule has 0 aliphatic heterocycles. The molecule has 0 saturated heterocycles. The second-order valence-electron chi connectivity index (χ2n) is 2.83. The van der Waals surface area contributed by atoms with Gasteiger partial charge in [0.2, 0.25) is 0 Å². The van der Waals surface area contributed by atoms with Crippen molar-refractivity contribution < 1.29 is 19.4 Å². The Morgan fingerprint density at radius 1 is 1.57 bits per heavy atom. The fourth-order valence-corrected chi connectivity index (χ4v) is 1.16. The van der Waals surface area contributed by atoms with Crippen LogP contribution in [-0.2, 0) is 4.79 Å². The van der Waals surface area contributed by atoms with Crippen molar-refractivity contribution in [2.75, 3.05) is 6.54 Å². The first kappa shape index (κ1) is 10.5. The minimum Gasteiger partial charge on any atom is -0.508 e. The normalized spacial score (nSPS) is 12.4. The predicted molar refractivity (Wildman–Crippen MR) is 47.5 cm³/mol. The summed E-state index contributed by atoms with van der Waals surface area (Å²) < 4.78 is 13.2. The highest BCUT2D eigenvalue weighted by atomic mass is 19.1. The third kappa shape index (κ3) is 2.00. The molecule has 4 N–H and O–H groups in total. The molecule has 4 nitrogen and oxygen atoms in total. The van der Waals surface area contributed by atoms with Crippen molar-refractivity contribution in [1.29, 1.82) is 0 Å². The molecule has 1 aromatic rings. The molecule has 0 heterocycles. The second-order valence-corrected chi connectivity index (χ2v) is 2.83. The van der Waals surface area contributed by atoms with Gasteiger partial charge in [-0.1, -0.05) is 6.07 Å². The van der Waals surface area contributed by atoms with Crippen molar-refractivity contribution in [3.63, 3.8) is 0 Å². The Bertz CT molecular complexity index is 354. The number of rotatable bonds is 3. The maximum absolute atomic E-state index is 13.2. The molecular weight excluding hydrogens is 189 g/mol. The van der Waals surface area contributed by atoms with E-state index < -0.39 is 17.7 Å². The number of hydrogen-bond donors (Lipinski definition) is 3. The van der Waals surface area contributed by atoms with E-state index in [2.05, 4.69) is 0 Å². The summed E-state index contributed by atoms with van der Waals surface area (Å²) in [7, 11) is 0. The molecule has 1 aromatic carbocycles. The Hall–Kier alpha value is -1.62. The van der Waals surface area contributed by atoms with Gasteiger partial charge < -0.3 is 15.9 Å². The SMILES string of the molecule is NCC(C(=O)O)c1ccc(O)cc1F. The molecule has 0 aliphatic carbocycles. The van der Waals surface area contributed by atoms with E-state index in [0.717, 1.165) is 6.07 Å². The van der Waals surface area contributed by atoms with E-state index in [1.165, 1.54) is 12.1 Å². The minimum atomic E-state index is -1.18. The topological polar surface area (TPSA) is 83.6 Å². The van der Waals surface area contributed by atoms with Gasteiger partial charge in [-0.25, -0.2) is 4.39 Å². The summed E-state index contributed by atoms with van der Waals surface area (Å²) in [6, 6.07) is 3.31. The highest BCUT2D eigenvalue weighted by Crippen LogP contribution is 2.22. The van der Waals surface area contributed by atoms with E-state index in [0.29, 0.717) is 0 Å². The number of hydrogen-bond acceptors (Lipinski definition) is 3. The van der Waals surface area contributed by atoms with Crippen LogP contribution in [0.1, 0.15) is 11.5 Å². The number of nitrogens with two attached hydrogens (primary N) is 1. The Labute approximate surface area is 79.8 Å². The van der Waals surface area contributed by atoms with Crippen molar-refractivity contribution in [1.82, 2.24) is 0 Å². The highest BCUT2D eigenvalue weighted by molar-refractivity contribution is 5.76. The smallest absolute Gasteiger partial charge is 0.312 e. The van der Waals surface area contributed by atoms with E-state index in [9.17, 15) is 9.18 Å². The van der Waals surface area contributed by atoms with Crippen molar-refractivity contribution in [3.05, 3.63) is 29.6 Å². The Morgan fingerprint density at radius 2 is 2.21 bits per heavy atom. The first-order valence-corrected chi connectivity index (χ1v) is 3.97. The third-order valence-corrected chi connectivity index (χ3v) is 1.89. The van der Waals surface area contributed by atoms with Crippen molar-refractivity contribution in [3.8, 4) is 5.75 Å². The molecule has 0 aromatic heterocycles. The van der Waals surface area contributed by atoms with Gasteiger partial charge in [-0.05, 0) is 6.07 Å². The molecule has 14 heavy (non-hydrogen) atoms. The Kier molecular flexibility index (Phi) is 3.03. The Balaban J connectivity index is 3.10. The van der Waals surface area contributed by atoms with Crippen LogP contribution in [0.15, 0.2) is 18.2 Å². The van der Waals surface area contributed by atoms with Crippen LogP contribution in [0, 0.1) is 5.82 Å². The summed E-state index contributed by atoms with van der Waals surface area (Å²) in [6.45, 7) is -0.184. The number of benzene rings is 1. The van der Waals surface area contributed by atoms with Gasteiger partial charge >= 0.3 is 5.97 Å². The lowest BCUT2D eigenvalue weighted by atomic mass is 9.99. The molecule has 0 bridgehead atoms.